The lowest BCUT2D eigenvalue weighted by molar-refractivity contribution is 0.268. The molecule has 0 saturated carbocycles. The lowest BCUT2D eigenvalue weighted by Crippen LogP contribution is -2.32. The van der Waals surface area contributed by atoms with E-state index in [-0.39, 0.29) is 0 Å². The third-order valence-corrected chi connectivity index (χ3v) is 3.85. The van der Waals surface area contributed by atoms with Crippen LogP contribution >= 0.6 is 0 Å². The average Bonchev–Trinajstić information content (AvgIpc) is 2.42. The van der Waals surface area contributed by atoms with Gasteiger partial charge in [0, 0.05) is 13.1 Å². The van der Waals surface area contributed by atoms with Gasteiger partial charge in [-0.3, -0.25) is 5.84 Å². The molecule has 0 fully saturated rings. The molecule has 0 bridgehead atoms. The van der Waals surface area contributed by atoms with Crippen LogP contribution in [0.1, 0.15) is 97.3 Å². The number of nitrogens with two attached hydrogens (primary N) is 1. The molecule has 0 amide bonds. The SMILES string of the molecule is CCCCCCCCCCCN(N)CCCCCC. The van der Waals surface area contributed by atoms with Crippen LogP contribution in [0, 0.1) is 0 Å². The van der Waals surface area contributed by atoms with Gasteiger partial charge in [-0.25, -0.2) is 5.01 Å². The van der Waals surface area contributed by atoms with E-state index in [9.17, 15) is 0 Å². The van der Waals surface area contributed by atoms with Crippen LogP contribution in [-0.2, 0) is 0 Å². The van der Waals surface area contributed by atoms with Crippen molar-refractivity contribution in [2.75, 3.05) is 13.1 Å². The Bertz CT molecular complexity index is 159. The minimum Gasteiger partial charge on any atom is -0.269 e. The molecule has 2 nitrogen and oxygen atoms in total. The van der Waals surface area contributed by atoms with E-state index >= 15 is 0 Å². The molecule has 0 radical (unpaired) electrons. The molecule has 0 aromatic rings. The van der Waals surface area contributed by atoms with Crippen molar-refractivity contribution >= 4 is 0 Å². The van der Waals surface area contributed by atoms with E-state index in [4.69, 9.17) is 5.84 Å². The topological polar surface area (TPSA) is 29.3 Å². The van der Waals surface area contributed by atoms with Crippen molar-refractivity contribution in [3.05, 3.63) is 0 Å². The van der Waals surface area contributed by atoms with Gasteiger partial charge in [-0.2, -0.15) is 0 Å². The Balaban J connectivity index is 3.07. The normalized spacial score (nSPS) is 11.4. The summed E-state index contributed by atoms with van der Waals surface area (Å²) in [5.41, 5.74) is 0. The summed E-state index contributed by atoms with van der Waals surface area (Å²) in [6.45, 7) is 6.70. The Labute approximate surface area is 122 Å². The Morgan fingerprint density at radius 2 is 0.842 bits per heavy atom. The predicted molar refractivity (Wildman–Crippen MR) is 87.1 cm³/mol. The molecule has 0 rings (SSSR count). The summed E-state index contributed by atoms with van der Waals surface area (Å²) < 4.78 is 0. The molecule has 0 unspecified atom stereocenters. The second-order valence-electron chi connectivity index (χ2n) is 5.93. The molecule has 2 N–H and O–H groups in total. The maximum atomic E-state index is 5.99. The maximum Gasteiger partial charge on any atom is 0.0128 e. The molecule has 2 heteroatoms. The zero-order valence-corrected chi connectivity index (χ0v) is 13.6. The van der Waals surface area contributed by atoms with Crippen molar-refractivity contribution in [3.63, 3.8) is 0 Å². The van der Waals surface area contributed by atoms with Crippen LogP contribution in [0.15, 0.2) is 0 Å². The van der Waals surface area contributed by atoms with Gasteiger partial charge in [0.1, 0.15) is 0 Å². The molecule has 0 aliphatic carbocycles. The highest BCUT2D eigenvalue weighted by Crippen LogP contribution is 2.09. The summed E-state index contributed by atoms with van der Waals surface area (Å²) in [6.07, 6.45) is 17.8. The third kappa shape index (κ3) is 15.9. The van der Waals surface area contributed by atoms with Crippen LogP contribution in [0.25, 0.3) is 0 Å². The molecule has 0 atom stereocenters. The average molecular weight is 271 g/mol. The molecule has 0 aromatic heterocycles. The molecule has 116 valence electrons. The lowest BCUT2D eigenvalue weighted by atomic mass is 10.1. The van der Waals surface area contributed by atoms with Crippen molar-refractivity contribution in [3.8, 4) is 0 Å². The highest BCUT2D eigenvalue weighted by atomic mass is 15.4. The minimum absolute atomic E-state index is 1.08. The van der Waals surface area contributed by atoms with Crippen molar-refractivity contribution in [1.82, 2.24) is 5.01 Å². The van der Waals surface area contributed by atoms with Crippen LogP contribution in [0.3, 0.4) is 0 Å². The first-order valence-electron chi connectivity index (χ1n) is 8.80. The second-order valence-corrected chi connectivity index (χ2v) is 5.93. The number of hydrogen-bond acceptors (Lipinski definition) is 2. The fourth-order valence-electron chi connectivity index (χ4n) is 2.48. The van der Waals surface area contributed by atoms with Gasteiger partial charge in [0.05, 0.1) is 0 Å². The summed E-state index contributed by atoms with van der Waals surface area (Å²) in [5.74, 6) is 5.99. The summed E-state index contributed by atoms with van der Waals surface area (Å²) in [4.78, 5) is 0. The Hall–Kier alpha value is -0.0800. The number of unbranched alkanes of at least 4 members (excludes halogenated alkanes) is 11. The molecule has 0 spiro atoms. The van der Waals surface area contributed by atoms with E-state index < -0.39 is 0 Å². The fourth-order valence-corrected chi connectivity index (χ4v) is 2.48. The first-order chi connectivity index (χ1) is 9.31. The summed E-state index contributed by atoms with van der Waals surface area (Å²) in [6, 6.07) is 0. The molecule has 0 aliphatic rings. The molecular formula is C17H38N2. The standard InChI is InChI=1S/C17H38N2/c1-3-5-7-9-10-11-12-13-15-17-19(18)16-14-8-6-4-2/h3-18H2,1-2H3. The largest absolute Gasteiger partial charge is 0.269 e. The molecule has 19 heavy (non-hydrogen) atoms. The molecule has 0 heterocycles. The summed E-state index contributed by atoms with van der Waals surface area (Å²) in [7, 11) is 0. The van der Waals surface area contributed by atoms with E-state index in [0.717, 1.165) is 13.1 Å². The van der Waals surface area contributed by atoms with Crippen LogP contribution in [0.5, 0.6) is 0 Å². The van der Waals surface area contributed by atoms with Crippen LogP contribution in [0.2, 0.25) is 0 Å². The predicted octanol–water partition coefficient (Wildman–Crippen LogP) is 5.27. The zero-order valence-electron chi connectivity index (χ0n) is 13.6. The third-order valence-electron chi connectivity index (χ3n) is 3.85. The van der Waals surface area contributed by atoms with E-state index in [2.05, 4.69) is 13.8 Å². The van der Waals surface area contributed by atoms with Gasteiger partial charge in [-0.15, -0.1) is 0 Å². The molecular weight excluding hydrogens is 232 g/mol. The number of hydrogen-bond donors (Lipinski definition) is 1. The van der Waals surface area contributed by atoms with Gasteiger partial charge < -0.3 is 0 Å². The summed E-state index contributed by atoms with van der Waals surface area (Å²) >= 11 is 0. The Morgan fingerprint density at radius 1 is 0.526 bits per heavy atom. The van der Waals surface area contributed by atoms with Crippen LogP contribution in [0.4, 0.5) is 0 Å². The number of rotatable bonds is 15. The quantitative estimate of drug-likeness (QED) is 0.249. The van der Waals surface area contributed by atoms with E-state index in [1.54, 1.807) is 0 Å². The smallest absolute Gasteiger partial charge is 0.0128 e. The van der Waals surface area contributed by atoms with E-state index in [1.165, 1.54) is 83.5 Å². The first kappa shape index (κ1) is 18.9. The van der Waals surface area contributed by atoms with Gasteiger partial charge in [0.2, 0.25) is 0 Å². The van der Waals surface area contributed by atoms with Crippen LogP contribution in [-0.4, -0.2) is 18.1 Å². The Morgan fingerprint density at radius 3 is 1.26 bits per heavy atom. The first-order valence-corrected chi connectivity index (χ1v) is 8.80. The second kappa shape index (κ2) is 16.0. The van der Waals surface area contributed by atoms with Gasteiger partial charge in [-0.05, 0) is 12.8 Å². The zero-order chi connectivity index (χ0) is 14.2. The van der Waals surface area contributed by atoms with E-state index in [0.29, 0.717) is 0 Å². The number of hydrazine groups is 1. The monoisotopic (exact) mass is 270 g/mol. The molecule has 0 aromatic carbocycles. The lowest BCUT2D eigenvalue weighted by Gasteiger charge is -2.15. The van der Waals surface area contributed by atoms with E-state index in [1.807, 2.05) is 5.01 Å². The Kier molecular flexibility index (Phi) is 15.9. The van der Waals surface area contributed by atoms with Crippen molar-refractivity contribution < 1.29 is 0 Å². The number of nitrogens with zero attached hydrogens (tertiary/aromatic N) is 1. The summed E-state index contributed by atoms with van der Waals surface area (Å²) in [5, 5.41) is 2.02. The molecule has 0 aliphatic heterocycles. The van der Waals surface area contributed by atoms with Gasteiger partial charge in [0.15, 0.2) is 0 Å². The minimum atomic E-state index is 1.08. The van der Waals surface area contributed by atoms with Crippen molar-refractivity contribution in [1.29, 1.82) is 0 Å². The highest BCUT2D eigenvalue weighted by molar-refractivity contribution is 4.52. The fraction of sp³-hybridized carbons (Fsp3) is 1.00. The van der Waals surface area contributed by atoms with Crippen molar-refractivity contribution in [2.45, 2.75) is 97.3 Å². The highest BCUT2D eigenvalue weighted by Gasteiger charge is 1.98. The van der Waals surface area contributed by atoms with Gasteiger partial charge >= 0.3 is 0 Å². The van der Waals surface area contributed by atoms with Gasteiger partial charge in [0.25, 0.3) is 0 Å². The molecule has 0 saturated heterocycles. The van der Waals surface area contributed by atoms with Gasteiger partial charge in [-0.1, -0.05) is 84.5 Å². The van der Waals surface area contributed by atoms with Crippen LogP contribution < -0.4 is 5.84 Å². The maximum absolute atomic E-state index is 5.99. The van der Waals surface area contributed by atoms with Crippen molar-refractivity contribution in [2.24, 2.45) is 5.84 Å².